The summed E-state index contributed by atoms with van der Waals surface area (Å²) in [6.45, 7) is 0. The number of aromatic nitrogens is 4. The molecule has 8 nitrogen and oxygen atoms in total. The Labute approximate surface area is 120 Å². The van der Waals surface area contributed by atoms with Gasteiger partial charge in [0.2, 0.25) is 5.78 Å². The predicted molar refractivity (Wildman–Crippen MR) is 72.8 cm³/mol. The van der Waals surface area contributed by atoms with Gasteiger partial charge < -0.3 is 0 Å². The Kier molecular flexibility index (Phi) is 2.92. The van der Waals surface area contributed by atoms with Crippen LogP contribution < -0.4 is 16.7 Å². The summed E-state index contributed by atoms with van der Waals surface area (Å²) in [5, 5.41) is 13.5. The van der Waals surface area contributed by atoms with Gasteiger partial charge in [-0.2, -0.15) is 5.26 Å². The molecule has 0 unspecified atom stereocenters. The van der Waals surface area contributed by atoms with E-state index < -0.39 is 28.1 Å². The zero-order chi connectivity index (χ0) is 15.9. The molecule has 0 fully saturated rings. The summed E-state index contributed by atoms with van der Waals surface area (Å²) in [6, 6.07) is 6.65. The van der Waals surface area contributed by atoms with Gasteiger partial charge in [-0.05, 0) is 24.3 Å². The molecule has 0 bridgehead atoms. The minimum Gasteiger partial charge on any atom is -0.267 e. The molecule has 108 valence electrons. The second-order valence-corrected chi connectivity index (χ2v) is 4.30. The van der Waals surface area contributed by atoms with Gasteiger partial charge in [0.25, 0.3) is 5.56 Å². The quantitative estimate of drug-likeness (QED) is 0.599. The average Bonchev–Trinajstić information content (AvgIpc) is 2.51. The maximum Gasteiger partial charge on any atom is 0.328 e. The number of H-pyrrole nitrogens is 2. The highest BCUT2D eigenvalue weighted by Gasteiger charge is 2.17. The minimum absolute atomic E-state index is 0.0183. The molecular formula is C13H6FN5O3. The first-order valence-electron chi connectivity index (χ1n) is 5.96. The van der Waals surface area contributed by atoms with Gasteiger partial charge in [0.15, 0.2) is 0 Å². The van der Waals surface area contributed by atoms with Crippen LogP contribution in [0.5, 0.6) is 0 Å². The number of benzene rings is 1. The summed E-state index contributed by atoms with van der Waals surface area (Å²) < 4.78 is 13.5. The number of rotatable bonds is 1. The number of nitrogens with zero attached hydrogens (tertiary/aromatic N) is 3. The number of nitriles is 1. The fraction of sp³-hybridized carbons (Fsp3) is 0. The largest absolute Gasteiger partial charge is 0.328 e. The Bertz CT molecular complexity index is 1100. The van der Waals surface area contributed by atoms with Crippen molar-refractivity contribution in [2.75, 3.05) is 0 Å². The van der Waals surface area contributed by atoms with E-state index in [2.05, 4.69) is 10.1 Å². The molecule has 0 saturated carbocycles. The van der Waals surface area contributed by atoms with E-state index >= 15 is 0 Å². The smallest absolute Gasteiger partial charge is 0.267 e. The molecule has 0 radical (unpaired) electrons. The van der Waals surface area contributed by atoms with Crippen molar-refractivity contribution in [3.8, 4) is 17.3 Å². The van der Waals surface area contributed by atoms with E-state index in [0.29, 0.717) is 9.96 Å². The Hall–Kier alpha value is -3.54. The lowest BCUT2D eigenvalue weighted by atomic mass is 10.1. The van der Waals surface area contributed by atoms with Crippen molar-refractivity contribution in [1.29, 1.82) is 5.26 Å². The Morgan fingerprint density at radius 3 is 2.41 bits per heavy atom. The van der Waals surface area contributed by atoms with Gasteiger partial charge in [0.1, 0.15) is 17.4 Å². The van der Waals surface area contributed by atoms with E-state index in [-0.39, 0.29) is 11.5 Å². The first-order valence-corrected chi connectivity index (χ1v) is 5.96. The Morgan fingerprint density at radius 2 is 1.77 bits per heavy atom. The lowest BCUT2D eigenvalue weighted by Crippen LogP contribution is -2.41. The molecule has 2 heterocycles. The van der Waals surface area contributed by atoms with Crippen LogP contribution in [0, 0.1) is 17.1 Å². The fourth-order valence-corrected chi connectivity index (χ4v) is 1.98. The van der Waals surface area contributed by atoms with Crippen molar-refractivity contribution in [3.05, 3.63) is 66.7 Å². The topological polar surface area (TPSA) is 124 Å². The molecule has 3 aromatic rings. The third-order valence-electron chi connectivity index (χ3n) is 3.00. The molecule has 0 aliphatic rings. The molecule has 22 heavy (non-hydrogen) atoms. The Balaban J connectivity index is 2.48. The van der Waals surface area contributed by atoms with Gasteiger partial charge in [-0.1, -0.05) is 0 Å². The molecule has 9 heteroatoms. The zero-order valence-corrected chi connectivity index (χ0v) is 10.8. The highest BCUT2D eigenvalue weighted by atomic mass is 19.1. The molecule has 0 amide bonds. The number of hydrogen-bond donors (Lipinski definition) is 2. The second kappa shape index (κ2) is 4.78. The standard InChI is InChI=1S/C13H6FN5O3/c14-7-3-1-6(2-4-7)9-8(5-15)11(21)19-12(22)10(20)17-18-13(19)16-9/h1-4H,(H,16,18)(H,17,20). The average molecular weight is 299 g/mol. The lowest BCUT2D eigenvalue weighted by molar-refractivity contribution is 0.628. The zero-order valence-electron chi connectivity index (χ0n) is 10.8. The van der Waals surface area contributed by atoms with E-state index in [4.69, 9.17) is 5.26 Å². The number of aromatic amines is 2. The predicted octanol–water partition coefficient (Wildman–Crippen LogP) is -0.251. The number of hydrogen-bond acceptors (Lipinski definition) is 5. The molecule has 3 rings (SSSR count). The SMILES string of the molecule is N#Cc1c(-c2ccc(F)cc2)nc2[nH][nH]c(=O)c(=O)n2c1=O. The van der Waals surface area contributed by atoms with Gasteiger partial charge in [-0.25, -0.2) is 13.8 Å². The summed E-state index contributed by atoms with van der Waals surface area (Å²) in [5.74, 6) is -0.717. The van der Waals surface area contributed by atoms with E-state index in [1.54, 1.807) is 6.07 Å². The van der Waals surface area contributed by atoms with Crippen LogP contribution in [0.25, 0.3) is 17.0 Å². The van der Waals surface area contributed by atoms with Crippen molar-refractivity contribution in [2.45, 2.75) is 0 Å². The van der Waals surface area contributed by atoms with Gasteiger partial charge in [-0.15, -0.1) is 0 Å². The lowest BCUT2D eigenvalue weighted by Gasteiger charge is -2.05. The fourth-order valence-electron chi connectivity index (χ4n) is 1.98. The van der Waals surface area contributed by atoms with Crippen LogP contribution in [0.3, 0.4) is 0 Å². The van der Waals surface area contributed by atoms with Crippen LogP contribution in [0.15, 0.2) is 38.6 Å². The number of fused-ring (bicyclic) bond motifs is 1. The molecule has 0 aliphatic heterocycles. The summed E-state index contributed by atoms with van der Waals surface area (Å²) in [5.41, 5.74) is -3.28. The molecule has 0 atom stereocenters. The third kappa shape index (κ3) is 1.90. The van der Waals surface area contributed by atoms with E-state index in [9.17, 15) is 18.8 Å². The number of halogens is 1. The first-order chi connectivity index (χ1) is 10.5. The van der Waals surface area contributed by atoms with Gasteiger partial charge in [-0.3, -0.25) is 24.6 Å². The highest BCUT2D eigenvalue weighted by molar-refractivity contribution is 5.67. The first kappa shape index (κ1) is 13.4. The molecular weight excluding hydrogens is 293 g/mol. The van der Waals surface area contributed by atoms with Gasteiger partial charge >= 0.3 is 11.1 Å². The van der Waals surface area contributed by atoms with Crippen molar-refractivity contribution < 1.29 is 4.39 Å². The van der Waals surface area contributed by atoms with Crippen molar-refractivity contribution in [2.24, 2.45) is 0 Å². The second-order valence-electron chi connectivity index (χ2n) is 4.30. The third-order valence-corrected chi connectivity index (χ3v) is 3.00. The van der Waals surface area contributed by atoms with Gasteiger partial charge in [0, 0.05) is 5.56 Å². The summed E-state index contributed by atoms with van der Waals surface area (Å²) in [7, 11) is 0. The molecule has 0 aliphatic carbocycles. The van der Waals surface area contributed by atoms with E-state index in [0.717, 1.165) is 12.1 Å². The van der Waals surface area contributed by atoms with Crippen LogP contribution in [0.2, 0.25) is 0 Å². The van der Waals surface area contributed by atoms with E-state index in [1.165, 1.54) is 12.1 Å². The molecule has 0 saturated heterocycles. The highest BCUT2D eigenvalue weighted by Crippen LogP contribution is 2.19. The van der Waals surface area contributed by atoms with Crippen molar-refractivity contribution in [3.63, 3.8) is 0 Å². The molecule has 2 aromatic heterocycles. The Morgan fingerprint density at radius 1 is 1.09 bits per heavy atom. The van der Waals surface area contributed by atoms with Crippen LogP contribution >= 0.6 is 0 Å². The number of nitrogens with one attached hydrogen (secondary N) is 2. The maximum absolute atomic E-state index is 13.0. The van der Waals surface area contributed by atoms with Crippen LogP contribution in [-0.4, -0.2) is 19.6 Å². The van der Waals surface area contributed by atoms with Crippen LogP contribution in [0.1, 0.15) is 5.56 Å². The maximum atomic E-state index is 13.0. The summed E-state index contributed by atoms with van der Waals surface area (Å²) >= 11 is 0. The van der Waals surface area contributed by atoms with Crippen molar-refractivity contribution >= 4 is 5.78 Å². The summed E-state index contributed by atoms with van der Waals surface area (Å²) in [6.07, 6.45) is 0. The van der Waals surface area contributed by atoms with Crippen LogP contribution in [-0.2, 0) is 0 Å². The molecule has 2 N–H and O–H groups in total. The molecule has 1 aromatic carbocycles. The van der Waals surface area contributed by atoms with E-state index in [1.807, 2.05) is 5.10 Å². The molecule has 0 spiro atoms. The normalized spacial score (nSPS) is 10.5. The van der Waals surface area contributed by atoms with Gasteiger partial charge in [0.05, 0.1) is 5.69 Å². The summed E-state index contributed by atoms with van der Waals surface area (Å²) in [4.78, 5) is 39.2. The van der Waals surface area contributed by atoms with Crippen molar-refractivity contribution in [1.82, 2.24) is 19.6 Å². The van der Waals surface area contributed by atoms with Crippen LogP contribution in [0.4, 0.5) is 4.39 Å². The minimum atomic E-state index is -1.14. The monoisotopic (exact) mass is 299 g/mol.